The highest BCUT2D eigenvalue weighted by atomic mass is 32.2. The smallest absolute Gasteiger partial charge is 0.278 e. The third kappa shape index (κ3) is 6.04. The highest BCUT2D eigenvalue weighted by Gasteiger charge is 2.22. The first kappa shape index (κ1) is 25.1. The lowest BCUT2D eigenvalue weighted by Crippen LogP contribution is -2.15. The van der Waals surface area contributed by atoms with Crippen LogP contribution in [0.4, 0.5) is 21.5 Å². The summed E-state index contributed by atoms with van der Waals surface area (Å²) in [5.74, 6) is -0.439. The Balaban J connectivity index is 1.38. The molecule has 0 aliphatic rings. The number of hydrogen-bond donors (Lipinski definition) is 2. The molecule has 2 aromatic heterocycles. The fourth-order valence-electron chi connectivity index (χ4n) is 3.80. The van der Waals surface area contributed by atoms with Crippen molar-refractivity contribution in [2.24, 2.45) is 0 Å². The summed E-state index contributed by atoms with van der Waals surface area (Å²) in [5, 5.41) is 15.2. The Hall–Kier alpha value is -4.57. The molecule has 190 valence electrons. The third-order valence-corrected chi connectivity index (χ3v) is 6.41. The summed E-state index contributed by atoms with van der Waals surface area (Å²) in [6.07, 6.45) is 0. The number of carbonyl (C=O) groups is 1. The zero-order valence-electron chi connectivity index (χ0n) is 20.7. The van der Waals surface area contributed by atoms with Crippen LogP contribution in [0, 0.1) is 19.7 Å². The fourth-order valence-corrected chi connectivity index (χ4v) is 4.75. The lowest BCUT2D eigenvalue weighted by Gasteiger charge is -2.10. The predicted octanol–water partition coefficient (Wildman–Crippen LogP) is 6.10. The van der Waals surface area contributed by atoms with Gasteiger partial charge in [0.15, 0.2) is 10.9 Å². The number of carbonyl (C=O) groups excluding carboxylic acids is 1. The number of para-hydroxylation sites is 1. The van der Waals surface area contributed by atoms with Gasteiger partial charge in [-0.15, -0.1) is 5.10 Å². The van der Waals surface area contributed by atoms with Gasteiger partial charge in [0.2, 0.25) is 0 Å². The Labute approximate surface area is 223 Å². The van der Waals surface area contributed by atoms with E-state index in [4.69, 9.17) is 0 Å². The molecule has 0 aliphatic carbocycles. The number of hydrogen-bond acceptors (Lipinski definition) is 7. The number of aromatic nitrogens is 5. The van der Waals surface area contributed by atoms with E-state index < -0.39 is 5.91 Å². The van der Waals surface area contributed by atoms with Gasteiger partial charge in [-0.1, -0.05) is 35.2 Å². The van der Waals surface area contributed by atoms with Crippen molar-refractivity contribution in [3.05, 3.63) is 114 Å². The predicted molar refractivity (Wildman–Crippen MR) is 147 cm³/mol. The zero-order chi connectivity index (χ0) is 26.5. The fraction of sp³-hybridized carbons (Fsp3) is 0.107. The Bertz CT molecular complexity index is 1530. The van der Waals surface area contributed by atoms with E-state index in [9.17, 15) is 9.18 Å². The first-order chi connectivity index (χ1) is 18.4. The van der Waals surface area contributed by atoms with Gasteiger partial charge >= 0.3 is 0 Å². The maximum atomic E-state index is 13.5. The molecule has 0 saturated heterocycles. The van der Waals surface area contributed by atoms with E-state index in [0.29, 0.717) is 28.0 Å². The van der Waals surface area contributed by atoms with Crippen molar-refractivity contribution in [3.8, 4) is 5.69 Å². The van der Waals surface area contributed by atoms with Crippen molar-refractivity contribution in [3.63, 3.8) is 0 Å². The van der Waals surface area contributed by atoms with E-state index in [1.165, 1.54) is 28.6 Å². The Morgan fingerprint density at radius 2 is 1.50 bits per heavy atom. The number of aryl methyl sites for hydroxylation is 2. The van der Waals surface area contributed by atoms with Crippen LogP contribution in [0.3, 0.4) is 0 Å². The molecule has 8 nitrogen and oxygen atoms in total. The van der Waals surface area contributed by atoms with Gasteiger partial charge < -0.3 is 10.6 Å². The topological polar surface area (TPSA) is 97.6 Å². The Morgan fingerprint density at radius 3 is 2.18 bits per heavy atom. The molecular weight excluding hydrogens is 501 g/mol. The van der Waals surface area contributed by atoms with Crippen LogP contribution in [0.5, 0.6) is 0 Å². The number of halogens is 1. The van der Waals surface area contributed by atoms with E-state index in [1.54, 1.807) is 12.1 Å². The number of anilines is 3. The van der Waals surface area contributed by atoms with Crippen LogP contribution in [0.25, 0.3) is 5.69 Å². The van der Waals surface area contributed by atoms with Crippen molar-refractivity contribution in [2.45, 2.75) is 24.8 Å². The quantitative estimate of drug-likeness (QED) is 0.187. The lowest BCUT2D eigenvalue weighted by molar-refractivity contribution is 0.102. The Morgan fingerprint density at radius 1 is 0.868 bits per heavy atom. The lowest BCUT2D eigenvalue weighted by atomic mass is 10.2. The number of benzene rings is 3. The van der Waals surface area contributed by atoms with Gasteiger partial charge in [-0.25, -0.2) is 19.0 Å². The van der Waals surface area contributed by atoms with Crippen molar-refractivity contribution < 1.29 is 9.18 Å². The monoisotopic (exact) mass is 525 g/mol. The van der Waals surface area contributed by atoms with Crippen LogP contribution in [-0.2, 0) is 5.75 Å². The SMILES string of the molecule is Cc1cc(C)nc(SCc2c(C(=O)Nc3ccc(Nc4ccccc4)cc3)nnn2-c2ccc(F)cc2)n1. The van der Waals surface area contributed by atoms with Gasteiger partial charge in [0.05, 0.1) is 11.4 Å². The Kier molecular flexibility index (Phi) is 7.41. The summed E-state index contributed by atoms with van der Waals surface area (Å²) in [6.45, 7) is 3.81. The number of nitrogens with zero attached hydrogens (tertiary/aromatic N) is 5. The third-order valence-electron chi connectivity index (χ3n) is 5.55. The molecule has 0 aliphatic heterocycles. The van der Waals surface area contributed by atoms with Gasteiger partial charge in [0.25, 0.3) is 5.91 Å². The van der Waals surface area contributed by atoms with Crippen molar-refractivity contribution in [1.82, 2.24) is 25.0 Å². The second kappa shape index (κ2) is 11.2. The van der Waals surface area contributed by atoms with Crippen molar-refractivity contribution in [2.75, 3.05) is 10.6 Å². The molecule has 2 heterocycles. The minimum absolute atomic E-state index is 0.165. The van der Waals surface area contributed by atoms with E-state index in [2.05, 4.69) is 30.9 Å². The van der Waals surface area contributed by atoms with Gasteiger partial charge in [-0.05, 0) is 80.6 Å². The van der Waals surface area contributed by atoms with Gasteiger partial charge in [-0.3, -0.25) is 4.79 Å². The molecule has 0 radical (unpaired) electrons. The molecule has 5 rings (SSSR count). The van der Waals surface area contributed by atoms with Crippen LogP contribution in [0.2, 0.25) is 0 Å². The van der Waals surface area contributed by atoms with E-state index in [-0.39, 0.29) is 11.5 Å². The molecule has 0 saturated carbocycles. The highest BCUT2D eigenvalue weighted by molar-refractivity contribution is 7.98. The second-order valence-electron chi connectivity index (χ2n) is 8.52. The van der Waals surface area contributed by atoms with Crippen LogP contribution in [-0.4, -0.2) is 30.9 Å². The molecule has 0 bridgehead atoms. The average Bonchev–Trinajstić information content (AvgIpc) is 3.33. The van der Waals surface area contributed by atoms with Crippen LogP contribution >= 0.6 is 11.8 Å². The number of amides is 1. The highest BCUT2D eigenvalue weighted by Crippen LogP contribution is 2.25. The number of nitrogens with one attached hydrogen (secondary N) is 2. The van der Waals surface area contributed by atoms with Crippen molar-refractivity contribution in [1.29, 1.82) is 0 Å². The van der Waals surface area contributed by atoms with Crippen LogP contribution in [0.1, 0.15) is 27.6 Å². The molecule has 0 atom stereocenters. The van der Waals surface area contributed by atoms with Crippen LogP contribution in [0.15, 0.2) is 90.1 Å². The first-order valence-corrected chi connectivity index (χ1v) is 12.8. The maximum Gasteiger partial charge on any atom is 0.278 e. The largest absolute Gasteiger partial charge is 0.356 e. The number of thioether (sulfide) groups is 1. The molecular formula is C28H24FN7OS. The summed E-state index contributed by atoms with van der Waals surface area (Å²) < 4.78 is 15.1. The van der Waals surface area contributed by atoms with E-state index >= 15 is 0 Å². The maximum absolute atomic E-state index is 13.5. The molecule has 0 unspecified atom stereocenters. The molecule has 2 N–H and O–H groups in total. The summed E-state index contributed by atoms with van der Waals surface area (Å²) >= 11 is 1.37. The summed E-state index contributed by atoms with van der Waals surface area (Å²) in [6, 6.07) is 25.0. The minimum Gasteiger partial charge on any atom is -0.356 e. The molecule has 3 aromatic carbocycles. The van der Waals surface area contributed by atoms with Gasteiger partial charge in [-0.2, -0.15) is 0 Å². The summed E-state index contributed by atoms with van der Waals surface area (Å²) in [4.78, 5) is 22.2. The summed E-state index contributed by atoms with van der Waals surface area (Å²) in [7, 11) is 0. The second-order valence-corrected chi connectivity index (χ2v) is 9.46. The van der Waals surface area contributed by atoms with Crippen LogP contribution < -0.4 is 10.6 Å². The average molecular weight is 526 g/mol. The number of rotatable bonds is 8. The van der Waals surface area contributed by atoms with E-state index in [0.717, 1.165) is 22.8 Å². The molecule has 5 aromatic rings. The summed E-state index contributed by atoms with van der Waals surface area (Å²) in [5.41, 5.74) is 5.48. The standard InChI is InChI=1S/C28H24FN7OS/c1-18-16-19(2)31-28(30-18)38-17-25-26(34-35-36(25)24-14-8-20(29)9-15-24)27(37)33-23-12-10-22(11-13-23)32-21-6-4-3-5-7-21/h3-16,32H,17H2,1-2H3,(H,33,37). The minimum atomic E-state index is -0.404. The first-order valence-electron chi connectivity index (χ1n) is 11.8. The molecule has 0 fully saturated rings. The molecule has 0 spiro atoms. The normalized spacial score (nSPS) is 10.8. The molecule has 10 heteroatoms. The van der Waals surface area contributed by atoms with Gasteiger partial charge in [0.1, 0.15) is 5.82 Å². The molecule has 38 heavy (non-hydrogen) atoms. The van der Waals surface area contributed by atoms with Crippen molar-refractivity contribution >= 4 is 34.7 Å². The van der Waals surface area contributed by atoms with E-state index in [1.807, 2.05) is 74.5 Å². The van der Waals surface area contributed by atoms with Gasteiger partial charge in [0, 0.05) is 34.2 Å². The zero-order valence-corrected chi connectivity index (χ0v) is 21.5. The molecule has 1 amide bonds.